The highest BCUT2D eigenvalue weighted by Gasteiger charge is 2.17. The quantitative estimate of drug-likeness (QED) is 0.820. The molecule has 0 aliphatic carbocycles. The zero-order valence-corrected chi connectivity index (χ0v) is 10.7. The van der Waals surface area contributed by atoms with E-state index in [-0.39, 0.29) is 11.8 Å². The monoisotopic (exact) mass is 241 g/mol. The topological polar surface area (TPSA) is 59.2 Å². The third kappa shape index (κ3) is 3.90. The van der Waals surface area contributed by atoms with Crippen LogP contribution in [0.25, 0.3) is 0 Å². The van der Waals surface area contributed by atoms with Crippen molar-refractivity contribution in [3.05, 3.63) is 16.6 Å². The molecule has 1 atom stereocenters. The molecule has 0 aliphatic heterocycles. The van der Waals surface area contributed by atoms with Crippen LogP contribution in [-0.2, 0) is 11.3 Å². The lowest BCUT2D eigenvalue weighted by atomic mass is 10.0. The summed E-state index contributed by atoms with van der Waals surface area (Å²) in [4.78, 5) is 17.8. The van der Waals surface area contributed by atoms with Gasteiger partial charge < -0.3 is 10.6 Å². The van der Waals surface area contributed by atoms with Crippen LogP contribution in [-0.4, -0.2) is 29.4 Å². The van der Waals surface area contributed by atoms with E-state index in [4.69, 9.17) is 5.73 Å². The number of nitrogens with two attached hydrogens (primary N) is 1. The van der Waals surface area contributed by atoms with E-state index < -0.39 is 0 Å². The molecule has 90 valence electrons. The largest absolute Gasteiger partial charge is 0.340 e. The van der Waals surface area contributed by atoms with E-state index in [0.717, 1.165) is 18.5 Å². The van der Waals surface area contributed by atoms with Crippen molar-refractivity contribution in [2.75, 3.05) is 13.6 Å². The Bertz CT molecular complexity index is 313. The van der Waals surface area contributed by atoms with Crippen LogP contribution in [0.4, 0.5) is 0 Å². The van der Waals surface area contributed by atoms with Crippen LogP contribution in [0.3, 0.4) is 0 Å². The van der Waals surface area contributed by atoms with Gasteiger partial charge in [0.15, 0.2) is 0 Å². The van der Waals surface area contributed by atoms with Crippen molar-refractivity contribution < 1.29 is 4.79 Å². The summed E-state index contributed by atoms with van der Waals surface area (Å²) >= 11 is 1.55. The highest BCUT2D eigenvalue weighted by atomic mass is 32.1. The van der Waals surface area contributed by atoms with Crippen LogP contribution in [0.5, 0.6) is 0 Å². The number of aromatic nitrogens is 1. The zero-order valence-electron chi connectivity index (χ0n) is 9.85. The first-order valence-electron chi connectivity index (χ1n) is 5.47. The molecule has 1 rings (SSSR count). The number of hydrogen-bond acceptors (Lipinski definition) is 4. The van der Waals surface area contributed by atoms with Crippen molar-refractivity contribution >= 4 is 17.2 Å². The second kappa shape index (κ2) is 6.60. The van der Waals surface area contributed by atoms with E-state index >= 15 is 0 Å². The maximum Gasteiger partial charge on any atom is 0.225 e. The smallest absolute Gasteiger partial charge is 0.225 e. The second-order valence-corrected chi connectivity index (χ2v) is 4.72. The lowest BCUT2D eigenvalue weighted by Crippen LogP contribution is -2.31. The molecular weight excluding hydrogens is 222 g/mol. The molecule has 0 saturated heterocycles. The van der Waals surface area contributed by atoms with Gasteiger partial charge in [0.25, 0.3) is 0 Å². The summed E-state index contributed by atoms with van der Waals surface area (Å²) in [6.07, 6.45) is 1.76. The van der Waals surface area contributed by atoms with Gasteiger partial charge in [-0.3, -0.25) is 4.79 Å². The van der Waals surface area contributed by atoms with Gasteiger partial charge in [-0.05, 0) is 19.4 Å². The van der Waals surface area contributed by atoms with Gasteiger partial charge in [-0.2, -0.15) is 0 Å². The number of amides is 1. The number of rotatable bonds is 6. The maximum absolute atomic E-state index is 11.9. The van der Waals surface area contributed by atoms with Gasteiger partial charge in [0, 0.05) is 18.3 Å². The van der Waals surface area contributed by atoms with Crippen molar-refractivity contribution in [1.82, 2.24) is 9.88 Å². The number of nitrogens with zero attached hydrogens (tertiary/aromatic N) is 2. The Balaban J connectivity index is 2.41. The van der Waals surface area contributed by atoms with E-state index in [9.17, 15) is 4.79 Å². The fourth-order valence-corrected chi connectivity index (χ4v) is 2.11. The summed E-state index contributed by atoms with van der Waals surface area (Å²) in [5.74, 6) is 0.216. The number of hydrogen-bond donors (Lipinski definition) is 1. The predicted molar refractivity (Wildman–Crippen MR) is 66.0 cm³/mol. The number of thiazole rings is 1. The molecule has 0 saturated carbocycles. The Labute approximate surface area is 100 Å². The average molecular weight is 241 g/mol. The SMILES string of the molecule is CC(CCCN)C(=O)N(C)Cc1cscn1. The molecule has 0 fully saturated rings. The molecule has 0 bridgehead atoms. The molecule has 1 unspecified atom stereocenters. The molecule has 1 heterocycles. The Kier molecular flexibility index (Phi) is 5.42. The normalized spacial score (nSPS) is 12.4. The first-order chi connectivity index (χ1) is 7.65. The molecule has 0 spiro atoms. The molecule has 0 aliphatic rings. The molecule has 0 radical (unpaired) electrons. The summed E-state index contributed by atoms with van der Waals surface area (Å²) in [5.41, 5.74) is 8.16. The molecule has 0 aromatic carbocycles. The number of carbonyl (C=O) groups is 1. The van der Waals surface area contributed by atoms with Gasteiger partial charge in [0.1, 0.15) is 0 Å². The third-order valence-electron chi connectivity index (χ3n) is 2.52. The van der Waals surface area contributed by atoms with E-state index in [2.05, 4.69) is 4.98 Å². The van der Waals surface area contributed by atoms with Gasteiger partial charge in [-0.1, -0.05) is 6.92 Å². The minimum Gasteiger partial charge on any atom is -0.340 e. The van der Waals surface area contributed by atoms with Crippen molar-refractivity contribution in [3.63, 3.8) is 0 Å². The molecular formula is C11H19N3OS. The Morgan fingerprint density at radius 2 is 2.44 bits per heavy atom. The summed E-state index contributed by atoms with van der Waals surface area (Å²) in [7, 11) is 1.82. The standard InChI is InChI=1S/C11H19N3OS/c1-9(4-3-5-12)11(15)14(2)6-10-7-16-8-13-10/h7-9H,3-6,12H2,1-2H3. The lowest BCUT2D eigenvalue weighted by molar-refractivity contribution is -0.134. The van der Waals surface area contributed by atoms with Gasteiger partial charge in [-0.25, -0.2) is 4.98 Å². The van der Waals surface area contributed by atoms with Crippen LogP contribution < -0.4 is 5.73 Å². The first-order valence-corrected chi connectivity index (χ1v) is 6.41. The van der Waals surface area contributed by atoms with Crippen molar-refractivity contribution in [2.45, 2.75) is 26.3 Å². The lowest BCUT2D eigenvalue weighted by Gasteiger charge is -2.20. The Morgan fingerprint density at radius 3 is 3.00 bits per heavy atom. The van der Waals surface area contributed by atoms with Gasteiger partial charge in [0.2, 0.25) is 5.91 Å². The first kappa shape index (κ1) is 13.1. The van der Waals surface area contributed by atoms with Crippen LogP contribution in [0.2, 0.25) is 0 Å². The highest BCUT2D eigenvalue weighted by molar-refractivity contribution is 7.07. The van der Waals surface area contributed by atoms with E-state index in [1.54, 1.807) is 21.7 Å². The summed E-state index contributed by atoms with van der Waals surface area (Å²) < 4.78 is 0. The minimum absolute atomic E-state index is 0.0483. The molecule has 1 aromatic heterocycles. The fourth-order valence-electron chi connectivity index (χ4n) is 1.56. The van der Waals surface area contributed by atoms with Gasteiger partial charge in [-0.15, -0.1) is 11.3 Å². The summed E-state index contributed by atoms with van der Waals surface area (Å²) in [6, 6.07) is 0. The molecule has 1 aromatic rings. The van der Waals surface area contributed by atoms with Gasteiger partial charge >= 0.3 is 0 Å². The third-order valence-corrected chi connectivity index (χ3v) is 3.16. The number of carbonyl (C=O) groups excluding carboxylic acids is 1. The van der Waals surface area contributed by atoms with Crippen LogP contribution in [0.15, 0.2) is 10.9 Å². The summed E-state index contributed by atoms with van der Waals surface area (Å²) in [5, 5.41) is 1.97. The molecule has 4 nitrogen and oxygen atoms in total. The molecule has 16 heavy (non-hydrogen) atoms. The minimum atomic E-state index is 0.0483. The predicted octanol–water partition coefficient (Wildman–Crippen LogP) is 1.48. The maximum atomic E-state index is 11.9. The van der Waals surface area contributed by atoms with Crippen LogP contribution >= 0.6 is 11.3 Å². The van der Waals surface area contributed by atoms with E-state index in [0.29, 0.717) is 13.1 Å². The van der Waals surface area contributed by atoms with Crippen LogP contribution in [0.1, 0.15) is 25.5 Å². The van der Waals surface area contributed by atoms with Crippen molar-refractivity contribution in [3.8, 4) is 0 Å². The fraction of sp³-hybridized carbons (Fsp3) is 0.636. The zero-order chi connectivity index (χ0) is 12.0. The second-order valence-electron chi connectivity index (χ2n) is 4.01. The Morgan fingerprint density at radius 1 is 1.69 bits per heavy atom. The van der Waals surface area contributed by atoms with Gasteiger partial charge in [0.05, 0.1) is 17.7 Å². The molecule has 1 amide bonds. The van der Waals surface area contributed by atoms with Crippen molar-refractivity contribution in [1.29, 1.82) is 0 Å². The van der Waals surface area contributed by atoms with E-state index in [1.165, 1.54) is 0 Å². The van der Waals surface area contributed by atoms with E-state index in [1.807, 2.05) is 19.4 Å². The average Bonchev–Trinajstić information content (AvgIpc) is 2.77. The van der Waals surface area contributed by atoms with Crippen molar-refractivity contribution in [2.24, 2.45) is 11.7 Å². The molecule has 5 heteroatoms. The van der Waals surface area contributed by atoms with Crippen LogP contribution in [0, 0.1) is 5.92 Å². The summed E-state index contributed by atoms with van der Waals surface area (Å²) in [6.45, 7) is 3.19. The molecule has 2 N–H and O–H groups in total. The highest BCUT2D eigenvalue weighted by Crippen LogP contribution is 2.11. The Hall–Kier alpha value is -0.940.